The highest BCUT2D eigenvalue weighted by molar-refractivity contribution is 6.31. The van der Waals surface area contributed by atoms with E-state index < -0.39 is 17.9 Å². The Hall–Kier alpha value is -2.27. The largest absolute Gasteiger partial charge is 0.463 e. The monoisotopic (exact) mass is 391 g/mol. The molecule has 27 heavy (non-hydrogen) atoms. The number of rotatable bonds is 6. The van der Waals surface area contributed by atoms with Crippen LogP contribution in [0.3, 0.4) is 0 Å². The normalized spacial score (nSPS) is 16.1. The lowest BCUT2D eigenvalue weighted by atomic mass is 9.74. The second-order valence-electron chi connectivity index (χ2n) is 6.43. The summed E-state index contributed by atoms with van der Waals surface area (Å²) in [6.07, 6.45) is 0. The van der Waals surface area contributed by atoms with Gasteiger partial charge in [-0.15, -0.1) is 0 Å². The number of benzene rings is 1. The van der Waals surface area contributed by atoms with Crippen molar-refractivity contribution in [3.8, 4) is 0 Å². The molecule has 0 aliphatic carbocycles. The lowest BCUT2D eigenvalue weighted by molar-refractivity contribution is -0.140. The van der Waals surface area contributed by atoms with Crippen molar-refractivity contribution in [3.05, 3.63) is 57.4 Å². The first-order valence-corrected chi connectivity index (χ1v) is 9.48. The maximum Gasteiger partial charge on any atom is 0.336 e. The van der Waals surface area contributed by atoms with E-state index in [2.05, 4.69) is 5.32 Å². The molecule has 1 aromatic carbocycles. The van der Waals surface area contributed by atoms with Crippen LogP contribution in [0.5, 0.6) is 0 Å². The van der Waals surface area contributed by atoms with Crippen molar-refractivity contribution in [2.24, 2.45) is 5.92 Å². The molecule has 0 spiro atoms. The van der Waals surface area contributed by atoms with Gasteiger partial charge in [0.15, 0.2) is 0 Å². The van der Waals surface area contributed by atoms with Gasteiger partial charge in [-0.2, -0.15) is 0 Å². The van der Waals surface area contributed by atoms with E-state index in [4.69, 9.17) is 21.1 Å². The van der Waals surface area contributed by atoms with Gasteiger partial charge in [0.1, 0.15) is 0 Å². The SMILES string of the molecule is CCOC(=O)C1=C(C)NC(C)=C(C(=O)OCC)C1C(C)c1ccccc1Cl. The van der Waals surface area contributed by atoms with Gasteiger partial charge in [-0.1, -0.05) is 36.7 Å². The lowest BCUT2D eigenvalue weighted by Gasteiger charge is -2.34. The van der Waals surface area contributed by atoms with E-state index in [0.717, 1.165) is 5.56 Å². The molecule has 6 heteroatoms. The average Bonchev–Trinajstić information content (AvgIpc) is 2.61. The van der Waals surface area contributed by atoms with E-state index in [9.17, 15) is 9.59 Å². The Bertz CT molecular complexity index is 757. The van der Waals surface area contributed by atoms with E-state index >= 15 is 0 Å². The Labute approximate surface area is 165 Å². The predicted molar refractivity (Wildman–Crippen MR) is 105 cm³/mol. The highest BCUT2D eigenvalue weighted by Crippen LogP contribution is 2.42. The Balaban J connectivity index is 2.63. The zero-order valence-corrected chi connectivity index (χ0v) is 17.1. The van der Waals surface area contributed by atoms with Crippen molar-refractivity contribution in [1.82, 2.24) is 5.32 Å². The number of dihydropyridines is 1. The minimum atomic E-state index is -0.524. The maximum atomic E-state index is 12.7. The minimum absolute atomic E-state index is 0.232. The van der Waals surface area contributed by atoms with Crippen LogP contribution < -0.4 is 5.32 Å². The standard InChI is InChI=1S/C21H26ClNO4/c1-6-26-20(24)18-13(4)23-14(5)19(21(25)27-7-2)17(18)12(3)15-10-8-9-11-16(15)22/h8-12,17,23H,6-7H2,1-5H3. The van der Waals surface area contributed by atoms with Crippen LogP contribution in [0.25, 0.3) is 0 Å². The van der Waals surface area contributed by atoms with Crippen LogP contribution in [0.1, 0.15) is 46.1 Å². The predicted octanol–water partition coefficient (Wildman–Crippen LogP) is 4.34. The van der Waals surface area contributed by atoms with E-state index in [1.54, 1.807) is 19.9 Å². The molecule has 0 saturated heterocycles. The molecular formula is C21H26ClNO4. The Kier molecular flexibility index (Phi) is 7.08. The van der Waals surface area contributed by atoms with Crippen LogP contribution in [-0.2, 0) is 19.1 Å². The molecule has 0 saturated carbocycles. The minimum Gasteiger partial charge on any atom is -0.463 e. The summed E-state index contributed by atoms with van der Waals surface area (Å²) in [7, 11) is 0. The van der Waals surface area contributed by atoms with Gasteiger partial charge in [0.2, 0.25) is 0 Å². The number of allylic oxidation sites excluding steroid dienone is 2. The summed E-state index contributed by atoms with van der Waals surface area (Å²) in [6, 6.07) is 7.45. The lowest BCUT2D eigenvalue weighted by Crippen LogP contribution is -2.36. The number of halogens is 1. The van der Waals surface area contributed by atoms with Gasteiger partial charge in [0.05, 0.1) is 24.4 Å². The topological polar surface area (TPSA) is 64.6 Å². The summed E-state index contributed by atoms with van der Waals surface area (Å²) in [5.41, 5.74) is 3.05. The maximum absolute atomic E-state index is 12.7. The molecule has 1 N–H and O–H groups in total. The summed E-state index contributed by atoms with van der Waals surface area (Å²) >= 11 is 6.41. The molecule has 1 aliphatic heterocycles. The Morgan fingerprint density at radius 2 is 1.52 bits per heavy atom. The third-order valence-electron chi connectivity index (χ3n) is 4.69. The second kappa shape index (κ2) is 9.09. The van der Waals surface area contributed by atoms with E-state index in [1.807, 2.05) is 39.0 Å². The molecule has 0 bridgehead atoms. The van der Waals surface area contributed by atoms with Crippen LogP contribution in [0, 0.1) is 5.92 Å². The molecule has 0 amide bonds. The first kappa shape index (κ1) is 21.0. The van der Waals surface area contributed by atoms with E-state index in [-0.39, 0.29) is 19.1 Å². The van der Waals surface area contributed by atoms with Gasteiger partial charge >= 0.3 is 11.9 Å². The van der Waals surface area contributed by atoms with Gasteiger partial charge < -0.3 is 14.8 Å². The fraction of sp³-hybridized carbons (Fsp3) is 0.429. The first-order chi connectivity index (χ1) is 12.8. The van der Waals surface area contributed by atoms with Gasteiger partial charge in [-0.3, -0.25) is 0 Å². The fourth-order valence-electron chi connectivity index (χ4n) is 3.53. The molecule has 2 rings (SSSR count). The third-order valence-corrected chi connectivity index (χ3v) is 5.04. The van der Waals surface area contributed by atoms with Crippen LogP contribution in [0.2, 0.25) is 5.02 Å². The Morgan fingerprint density at radius 1 is 1.04 bits per heavy atom. The zero-order valence-electron chi connectivity index (χ0n) is 16.4. The molecule has 0 aromatic heterocycles. The van der Waals surface area contributed by atoms with Crippen molar-refractivity contribution in [2.75, 3.05) is 13.2 Å². The van der Waals surface area contributed by atoms with Crippen molar-refractivity contribution in [1.29, 1.82) is 0 Å². The summed E-state index contributed by atoms with van der Waals surface area (Å²) < 4.78 is 10.6. The highest BCUT2D eigenvalue weighted by Gasteiger charge is 2.40. The third kappa shape index (κ3) is 4.35. The number of hydrogen-bond donors (Lipinski definition) is 1. The molecule has 0 radical (unpaired) electrons. The van der Waals surface area contributed by atoms with Crippen LogP contribution in [-0.4, -0.2) is 25.2 Å². The summed E-state index contributed by atoms with van der Waals surface area (Å²) in [6.45, 7) is 9.58. The van der Waals surface area contributed by atoms with Crippen LogP contribution in [0.4, 0.5) is 0 Å². The van der Waals surface area contributed by atoms with Crippen LogP contribution in [0.15, 0.2) is 46.8 Å². The average molecular weight is 392 g/mol. The number of esters is 2. The van der Waals surface area contributed by atoms with Crippen molar-refractivity contribution in [2.45, 2.75) is 40.5 Å². The van der Waals surface area contributed by atoms with Gasteiger partial charge in [-0.05, 0) is 45.2 Å². The van der Waals surface area contributed by atoms with Gasteiger partial charge in [0.25, 0.3) is 0 Å². The number of ether oxygens (including phenoxy) is 2. The van der Waals surface area contributed by atoms with Crippen molar-refractivity contribution < 1.29 is 19.1 Å². The second-order valence-corrected chi connectivity index (χ2v) is 6.84. The fourth-order valence-corrected chi connectivity index (χ4v) is 3.84. The van der Waals surface area contributed by atoms with Crippen molar-refractivity contribution >= 4 is 23.5 Å². The quantitative estimate of drug-likeness (QED) is 0.731. The zero-order chi connectivity index (χ0) is 20.1. The van der Waals surface area contributed by atoms with E-state index in [0.29, 0.717) is 27.6 Å². The molecular weight excluding hydrogens is 366 g/mol. The van der Waals surface area contributed by atoms with Gasteiger partial charge in [-0.25, -0.2) is 9.59 Å². The smallest absolute Gasteiger partial charge is 0.336 e. The number of carbonyl (C=O) groups is 2. The number of carbonyl (C=O) groups excluding carboxylic acids is 2. The molecule has 1 aromatic rings. The highest BCUT2D eigenvalue weighted by atomic mass is 35.5. The molecule has 0 fully saturated rings. The first-order valence-electron chi connectivity index (χ1n) is 9.10. The molecule has 1 heterocycles. The van der Waals surface area contributed by atoms with Crippen LogP contribution >= 0.6 is 11.6 Å². The summed E-state index contributed by atoms with van der Waals surface area (Å²) in [4.78, 5) is 25.5. The number of nitrogens with one attached hydrogen (secondary N) is 1. The number of hydrogen-bond acceptors (Lipinski definition) is 5. The van der Waals surface area contributed by atoms with E-state index in [1.165, 1.54) is 0 Å². The molecule has 1 unspecified atom stereocenters. The Morgan fingerprint density at radius 3 is 1.96 bits per heavy atom. The van der Waals surface area contributed by atoms with Crippen molar-refractivity contribution in [3.63, 3.8) is 0 Å². The molecule has 146 valence electrons. The molecule has 1 aliphatic rings. The molecule has 5 nitrogen and oxygen atoms in total. The van der Waals surface area contributed by atoms with Gasteiger partial charge in [0, 0.05) is 22.3 Å². The summed E-state index contributed by atoms with van der Waals surface area (Å²) in [5.74, 6) is -1.64. The molecule has 1 atom stereocenters. The summed E-state index contributed by atoms with van der Waals surface area (Å²) in [5, 5.41) is 3.72.